The summed E-state index contributed by atoms with van der Waals surface area (Å²) < 4.78 is 20.4. The minimum atomic E-state index is -0.374. The molecule has 0 unspecified atom stereocenters. The van der Waals surface area contributed by atoms with Gasteiger partial charge >= 0.3 is 0 Å². The Labute approximate surface area is 131 Å². The van der Waals surface area contributed by atoms with Gasteiger partial charge in [-0.15, -0.1) is 5.10 Å². The predicted octanol–water partition coefficient (Wildman–Crippen LogP) is 4.05. The molecule has 0 bridgehead atoms. The van der Waals surface area contributed by atoms with Crippen LogP contribution in [0.1, 0.15) is 32.4 Å². The molecule has 0 spiro atoms. The zero-order valence-corrected chi connectivity index (χ0v) is 13.1. The summed E-state index contributed by atoms with van der Waals surface area (Å²) in [6.07, 6.45) is 3.39. The Kier molecular flexibility index (Phi) is 3.48. The van der Waals surface area contributed by atoms with E-state index in [4.69, 9.17) is 16.0 Å². The van der Waals surface area contributed by atoms with Crippen LogP contribution in [-0.2, 0) is 5.54 Å². The predicted molar refractivity (Wildman–Crippen MR) is 82.7 cm³/mol. The average Bonchev–Trinajstić information content (AvgIpc) is 3.03. The first-order valence-corrected chi connectivity index (χ1v) is 7.07. The van der Waals surface area contributed by atoms with Crippen molar-refractivity contribution in [3.8, 4) is 0 Å². The second kappa shape index (κ2) is 5.21. The van der Waals surface area contributed by atoms with Gasteiger partial charge in [0.15, 0.2) is 5.58 Å². The SMILES string of the molecule is CC(C)(C)n1cc(C=C(Cl)c2nc3cc(F)ccc3o2)nn1. The van der Waals surface area contributed by atoms with Gasteiger partial charge in [0.2, 0.25) is 5.89 Å². The maximum absolute atomic E-state index is 13.2. The number of rotatable bonds is 2. The van der Waals surface area contributed by atoms with Gasteiger partial charge in [-0.2, -0.15) is 0 Å². The lowest BCUT2D eigenvalue weighted by molar-refractivity contribution is 0.347. The third kappa shape index (κ3) is 2.87. The van der Waals surface area contributed by atoms with Gasteiger partial charge in [-0.05, 0) is 39.0 Å². The van der Waals surface area contributed by atoms with E-state index in [0.29, 0.717) is 16.8 Å². The fourth-order valence-electron chi connectivity index (χ4n) is 1.87. The van der Waals surface area contributed by atoms with Crippen LogP contribution in [0.3, 0.4) is 0 Å². The van der Waals surface area contributed by atoms with Crippen molar-refractivity contribution in [3.63, 3.8) is 0 Å². The Morgan fingerprint density at radius 3 is 2.82 bits per heavy atom. The number of fused-ring (bicyclic) bond motifs is 1. The number of hydrogen-bond acceptors (Lipinski definition) is 4. The number of nitrogens with zero attached hydrogens (tertiary/aromatic N) is 4. The summed E-state index contributed by atoms with van der Waals surface area (Å²) in [5, 5.41) is 8.37. The van der Waals surface area contributed by atoms with Crippen molar-refractivity contribution >= 4 is 33.8 Å². The summed E-state index contributed by atoms with van der Waals surface area (Å²) in [5.74, 6) is -0.159. The zero-order chi connectivity index (χ0) is 15.9. The minimum absolute atomic E-state index is 0.166. The van der Waals surface area contributed by atoms with Crippen LogP contribution in [0, 0.1) is 5.82 Å². The Morgan fingerprint density at radius 2 is 2.14 bits per heavy atom. The van der Waals surface area contributed by atoms with Crippen molar-refractivity contribution < 1.29 is 8.81 Å². The number of hydrogen-bond donors (Lipinski definition) is 0. The van der Waals surface area contributed by atoms with Gasteiger partial charge in [0.05, 0.1) is 11.7 Å². The van der Waals surface area contributed by atoms with Crippen molar-refractivity contribution in [3.05, 3.63) is 41.8 Å². The molecule has 0 amide bonds. The van der Waals surface area contributed by atoms with Crippen LogP contribution in [0.4, 0.5) is 4.39 Å². The number of oxazole rings is 1. The summed E-state index contributed by atoms with van der Waals surface area (Å²) in [6.45, 7) is 6.06. The smallest absolute Gasteiger partial charge is 0.239 e. The minimum Gasteiger partial charge on any atom is -0.435 e. The summed E-state index contributed by atoms with van der Waals surface area (Å²) in [7, 11) is 0. The molecule has 0 N–H and O–H groups in total. The van der Waals surface area contributed by atoms with Crippen LogP contribution < -0.4 is 0 Å². The van der Waals surface area contributed by atoms with Gasteiger partial charge in [-0.25, -0.2) is 14.1 Å². The second-order valence-electron chi connectivity index (χ2n) is 5.88. The molecule has 5 nitrogen and oxygen atoms in total. The zero-order valence-electron chi connectivity index (χ0n) is 12.3. The van der Waals surface area contributed by atoms with Crippen LogP contribution in [-0.4, -0.2) is 20.0 Å². The van der Waals surface area contributed by atoms with Gasteiger partial charge in [0.1, 0.15) is 22.1 Å². The second-order valence-corrected chi connectivity index (χ2v) is 6.29. The van der Waals surface area contributed by atoms with E-state index >= 15 is 0 Å². The van der Waals surface area contributed by atoms with Crippen LogP contribution in [0.25, 0.3) is 22.2 Å². The monoisotopic (exact) mass is 320 g/mol. The van der Waals surface area contributed by atoms with Crippen molar-refractivity contribution in [1.29, 1.82) is 0 Å². The van der Waals surface area contributed by atoms with E-state index < -0.39 is 0 Å². The lowest BCUT2D eigenvalue weighted by Gasteiger charge is -2.17. The van der Waals surface area contributed by atoms with E-state index in [1.165, 1.54) is 18.2 Å². The molecular formula is C15H14ClFN4O. The van der Waals surface area contributed by atoms with E-state index in [1.807, 2.05) is 20.8 Å². The first-order valence-electron chi connectivity index (χ1n) is 6.69. The molecule has 0 saturated carbocycles. The fraction of sp³-hybridized carbons (Fsp3) is 0.267. The molecule has 0 saturated heterocycles. The maximum atomic E-state index is 13.2. The van der Waals surface area contributed by atoms with E-state index in [0.717, 1.165) is 0 Å². The molecule has 0 fully saturated rings. The molecule has 0 aliphatic carbocycles. The topological polar surface area (TPSA) is 56.7 Å². The van der Waals surface area contributed by atoms with E-state index in [9.17, 15) is 4.39 Å². The summed E-state index contributed by atoms with van der Waals surface area (Å²) in [5.41, 5.74) is 1.32. The van der Waals surface area contributed by atoms with Crippen LogP contribution in [0.15, 0.2) is 28.8 Å². The Morgan fingerprint density at radius 1 is 1.36 bits per heavy atom. The highest BCUT2D eigenvalue weighted by Crippen LogP contribution is 2.26. The molecule has 2 aromatic heterocycles. The highest BCUT2D eigenvalue weighted by atomic mass is 35.5. The Hall–Kier alpha value is -2.21. The van der Waals surface area contributed by atoms with Crippen LogP contribution in [0.5, 0.6) is 0 Å². The molecule has 0 aliphatic rings. The van der Waals surface area contributed by atoms with Crippen molar-refractivity contribution in [1.82, 2.24) is 20.0 Å². The molecule has 114 valence electrons. The molecule has 22 heavy (non-hydrogen) atoms. The quantitative estimate of drug-likeness (QED) is 0.714. The summed E-state index contributed by atoms with van der Waals surface area (Å²) in [6, 6.07) is 4.12. The number of aromatic nitrogens is 4. The largest absolute Gasteiger partial charge is 0.435 e. The molecule has 3 rings (SSSR count). The van der Waals surface area contributed by atoms with Gasteiger partial charge in [0, 0.05) is 6.07 Å². The highest BCUT2D eigenvalue weighted by Gasteiger charge is 2.15. The maximum Gasteiger partial charge on any atom is 0.239 e. The first-order chi connectivity index (χ1) is 10.3. The van der Waals surface area contributed by atoms with Crippen LogP contribution in [0.2, 0.25) is 0 Å². The summed E-state index contributed by atoms with van der Waals surface area (Å²) >= 11 is 6.21. The number of benzene rings is 1. The Bertz CT molecular complexity index is 860. The first kappa shape index (κ1) is 14.7. The van der Waals surface area contributed by atoms with E-state index in [2.05, 4.69) is 15.3 Å². The van der Waals surface area contributed by atoms with E-state index in [1.54, 1.807) is 17.0 Å². The lowest BCUT2D eigenvalue weighted by atomic mass is 10.1. The standard InChI is InChI=1S/C15H14ClFN4O/c1-15(2,3)21-8-10(19-20-21)7-11(16)14-18-12-6-9(17)4-5-13(12)22-14/h4-8H,1-3H3. The van der Waals surface area contributed by atoms with Crippen molar-refractivity contribution in [2.75, 3.05) is 0 Å². The summed E-state index contributed by atoms with van der Waals surface area (Å²) in [4.78, 5) is 4.16. The van der Waals surface area contributed by atoms with Gasteiger partial charge in [0.25, 0.3) is 0 Å². The number of halogens is 2. The molecule has 7 heteroatoms. The van der Waals surface area contributed by atoms with E-state index in [-0.39, 0.29) is 22.3 Å². The molecule has 0 aliphatic heterocycles. The normalized spacial score (nSPS) is 13.0. The van der Waals surface area contributed by atoms with Gasteiger partial charge in [-0.3, -0.25) is 0 Å². The molecular weight excluding hydrogens is 307 g/mol. The third-order valence-corrected chi connectivity index (χ3v) is 3.30. The molecule has 2 heterocycles. The molecule has 0 radical (unpaired) electrons. The van der Waals surface area contributed by atoms with Crippen molar-refractivity contribution in [2.24, 2.45) is 0 Å². The lowest BCUT2D eigenvalue weighted by Crippen LogP contribution is -2.22. The molecule has 0 atom stereocenters. The molecule has 1 aromatic carbocycles. The average molecular weight is 321 g/mol. The molecule has 3 aromatic rings. The highest BCUT2D eigenvalue weighted by molar-refractivity contribution is 6.50. The van der Waals surface area contributed by atoms with Gasteiger partial charge in [-0.1, -0.05) is 16.8 Å². The Balaban J connectivity index is 1.94. The fourth-order valence-corrected chi connectivity index (χ4v) is 2.06. The van der Waals surface area contributed by atoms with Gasteiger partial charge < -0.3 is 4.42 Å². The third-order valence-electron chi connectivity index (χ3n) is 3.03. The van der Waals surface area contributed by atoms with Crippen LogP contribution >= 0.6 is 11.6 Å². The van der Waals surface area contributed by atoms with Crippen molar-refractivity contribution in [2.45, 2.75) is 26.3 Å².